The van der Waals surface area contributed by atoms with E-state index in [1.54, 1.807) is 0 Å². The molecule has 2 unspecified atom stereocenters. The van der Waals surface area contributed by atoms with E-state index < -0.39 is 97.5 Å². The molecule has 0 saturated carbocycles. The highest BCUT2D eigenvalue weighted by atomic mass is 31.2. The zero-order chi connectivity index (χ0) is 71.2. The first kappa shape index (κ1) is 95.1. The minimum absolute atomic E-state index is 0.108. The van der Waals surface area contributed by atoms with Crippen molar-refractivity contribution in [1.82, 2.24) is 0 Å². The van der Waals surface area contributed by atoms with E-state index in [-0.39, 0.29) is 25.7 Å². The number of carbonyl (C=O) groups is 4. The summed E-state index contributed by atoms with van der Waals surface area (Å²) in [6.45, 7) is 7.32. The first-order valence-electron chi connectivity index (χ1n) is 40.6. The first-order valence-corrected chi connectivity index (χ1v) is 43.6. The fourth-order valence-electron chi connectivity index (χ4n) is 12.1. The van der Waals surface area contributed by atoms with Crippen molar-refractivity contribution in [2.24, 2.45) is 5.92 Å². The van der Waals surface area contributed by atoms with Gasteiger partial charge in [0.2, 0.25) is 0 Å². The van der Waals surface area contributed by atoms with Gasteiger partial charge in [-0.3, -0.25) is 37.3 Å². The van der Waals surface area contributed by atoms with Gasteiger partial charge < -0.3 is 33.8 Å². The summed E-state index contributed by atoms with van der Waals surface area (Å²) < 4.78 is 68.6. The van der Waals surface area contributed by atoms with Gasteiger partial charge in [-0.2, -0.15) is 0 Å². The Morgan fingerprint density at radius 3 is 0.701 bits per heavy atom. The number of hydrogen-bond donors (Lipinski definition) is 3. The molecule has 0 radical (unpaired) electrons. The summed E-state index contributed by atoms with van der Waals surface area (Å²) in [4.78, 5) is 72.9. The van der Waals surface area contributed by atoms with Crippen LogP contribution in [0.1, 0.15) is 413 Å². The molecule has 0 amide bonds. The molecule has 0 aliphatic heterocycles. The molecule has 5 atom stereocenters. The highest BCUT2D eigenvalue weighted by Crippen LogP contribution is 2.45. The molecule has 97 heavy (non-hydrogen) atoms. The Hall–Kier alpha value is -1.94. The van der Waals surface area contributed by atoms with Crippen LogP contribution < -0.4 is 0 Å². The molecular formula is C78H152O17P2. The lowest BCUT2D eigenvalue weighted by atomic mass is 10.0. The third-order valence-corrected chi connectivity index (χ3v) is 20.2. The largest absolute Gasteiger partial charge is 0.472 e. The summed E-state index contributed by atoms with van der Waals surface area (Å²) in [5, 5.41) is 10.6. The molecule has 0 fully saturated rings. The topological polar surface area (TPSA) is 237 Å². The molecule has 0 rings (SSSR count). The molecule has 0 aliphatic carbocycles. The number of carbonyl (C=O) groups excluding carboxylic acids is 4. The zero-order valence-corrected chi connectivity index (χ0v) is 65.0. The monoisotopic (exact) mass is 1420 g/mol. The Labute approximate surface area is 594 Å². The highest BCUT2D eigenvalue weighted by Gasteiger charge is 2.30. The molecule has 17 nitrogen and oxygen atoms in total. The van der Waals surface area contributed by atoms with Crippen LogP contribution in [0, 0.1) is 5.92 Å². The predicted molar refractivity (Wildman–Crippen MR) is 395 cm³/mol. The van der Waals surface area contributed by atoms with E-state index in [1.807, 2.05) is 0 Å². The van der Waals surface area contributed by atoms with Gasteiger partial charge in [0.1, 0.15) is 19.3 Å². The summed E-state index contributed by atoms with van der Waals surface area (Å²) in [6.07, 6.45) is 60.9. The Kier molecular flexibility index (Phi) is 69.6. The average Bonchev–Trinajstić information content (AvgIpc) is 3.20. The molecule has 576 valence electrons. The van der Waals surface area contributed by atoms with Crippen LogP contribution in [0.25, 0.3) is 0 Å². The van der Waals surface area contributed by atoms with Gasteiger partial charge in [-0.25, -0.2) is 9.13 Å². The molecule has 0 aromatic rings. The molecule has 3 N–H and O–H groups in total. The standard InChI is InChI=1S/C78H152O17P2/c1-6-9-12-15-18-21-24-27-28-29-30-31-33-38-44-49-54-59-64-78(83)95-74(68-89-76(81)62-57-52-47-42-39-34-35-40-45-50-55-60-71(4)5)70-93-97(86,87)91-66-72(79)65-90-96(84,85)92-69-73(67-88-75(80)61-56-51-46-41-36-26-23-20-17-14-11-8-3)94-77(82)63-58-53-48-43-37-32-25-22-19-16-13-10-7-2/h71-74,79H,6-70H2,1-5H3,(H,84,85)(H,86,87)/t72-,73+,74+/m0/s1. The minimum Gasteiger partial charge on any atom is -0.462 e. The van der Waals surface area contributed by atoms with Crippen molar-refractivity contribution in [3.05, 3.63) is 0 Å². The third-order valence-electron chi connectivity index (χ3n) is 18.3. The number of hydrogen-bond acceptors (Lipinski definition) is 15. The molecule has 0 bridgehead atoms. The molecule has 0 aromatic heterocycles. The van der Waals surface area contributed by atoms with Gasteiger partial charge in [0.05, 0.1) is 26.4 Å². The Balaban J connectivity index is 5.25. The molecule has 0 heterocycles. The van der Waals surface area contributed by atoms with Crippen LogP contribution in [-0.4, -0.2) is 96.7 Å². The van der Waals surface area contributed by atoms with Gasteiger partial charge in [0.25, 0.3) is 0 Å². The minimum atomic E-state index is -4.96. The summed E-state index contributed by atoms with van der Waals surface area (Å²) in [5.74, 6) is -1.34. The second-order valence-corrected chi connectivity index (χ2v) is 31.5. The lowest BCUT2D eigenvalue weighted by molar-refractivity contribution is -0.161. The normalized spacial score (nSPS) is 13.9. The van der Waals surface area contributed by atoms with E-state index in [4.69, 9.17) is 37.0 Å². The van der Waals surface area contributed by atoms with Gasteiger partial charge in [0, 0.05) is 25.7 Å². The smallest absolute Gasteiger partial charge is 0.462 e. The molecule has 0 aliphatic rings. The number of aliphatic hydroxyl groups is 1. The van der Waals surface area contributed by atoms with Gasteiger partial charge in [-0.15, -0.1) is 0 Å². The van der Waals surface area contributed by atoms with E-state index in [9.17, 15) is 43.2 Å². The summed E-state index contributed by atoms with van der Waals surface area (Å²) >= 11 is 0. The Morgan fingerprint density at radius 2 is 0.474 bits per heavy atom. The lowest BCUT2D eigenvalue weighted by Crippen LogP contribution is -2.30. The van der Waals surface area contributed by atoms with E-state index >= 15 is 0 Å². The van der Waals surface area contributed by atoms with E-state index in [1.165, 1.54) is 238 Å². The van der Waals surface area contributed by atoms with Gasteiger partial charge in [0.15, 0.2) is 12.2 Å². The number of phosphoric ester groups is 2. The van der Waals surface area contributed by atoms with Crippen LogP contribution in [0.4, 0.5) is 0 Å². The lowest BCUT2D eigenvalue weighted by Gasteiger charge is -2.21. The van der Waals surface area contributed by atoms with Crippen LogP contribution in [0.5, 0.6) is 0 Å². The number of ether oxygens (including phenoxy) is 4. The van der Waals surface area contributed by atoms with Crippen LogP contribution in [0.2, 0.25) is 0 Å². The van der Waals surface area contributed by atoms with Gasteiger partial charge >= 0.3 is 39.5 Å². The molecule has 0 saturated heterocycles. The Bertz CT molecular complexity index is 1860. The fourth-order valence-corrected chi connectivity index (χ4v) is 13.6. The molecule has 0 spiro atoms. The van der Waals surface area contributed by atoms with Crippen LogP contribution in [0.3, 0.4) is 0 Å². The predicted octanol–water partition coefficient (Wildman–Crippen LogP) is 23.3. The van der Waals surface area contributed by atoms with E-state index in [2.05, 4.69) is 34.6 Å². The van der Waals surface area contributed by atoms with E-state index in [0.29, 0.717) is 25.7 Å². The summed E-state index contributed by atoms with van der Waals surface area (Å²) in [6, 6.07) is 0. The first-order chi connectivity index (χ1) is 47.0. The number of phosphoric acid groups is 2. The van der Waals surface area contributed by atoms with Crippen LogP contribution >= 0.6 is 15.6 Å². The number of rotatable bonds is 78. The van der Waals surface area contributed by atoms with Crippen molar-refractivity contribution in [3.63, 3.8) is 0 Å². The van der Waals surface area contributed by atoms with Crippen molar-refractivity contribution >= 4 is 39.5 Å². The zero-order valence-electron chi connectivity index (χ0n) is 63.2. The van der Waals surface area contributed by atoms with Crippen molar-refractivity contribution in [3.8, 4) is 0 Å². The van der Waals surface area contributed by atoms with Crippen molar-refractivity contribution < 1.29 is 80.2 Å². The van der Waals surface area contributed by atoms with Crippen molar-refractivity contribution in [2.75, 3.05) is 39.6 Å². The fraction of sp³-hybridized carbons (Fsp3) is 0.949. The molecule has 19 heteroatoms. The highest BCUT2D eigenvalue weighted by molar-refractivity contribution is 7.47. The Morgan fingerprint density at radius 1 is 0.278 bits per heavy atom. The van der Waals surface area contributed by atoms with Gasteiger partial charge in [-0.05, 0) is 31.6 Å². The van der Waals surface area contributed by atoms with Crippen LogP contribution in [-0.2, 0) is 65.4 Å². The van der Waals surface area contributed by atoms with Crippen molar-refractivity contribution in [2.45, 2.75) is 432 Å². The number of unbranched alkanes of at least 4 members (excludes halogenated alkanes) is 50. The second-order valence-electron chi connectivity index (χ2n) is 28.6. The maximum absolute atomic E-state index is 13.1. The second kappa shape index (κ2) is 71.1. The number of esters is 4. The number of aliphatic hydroxyl groups excluding tert-OH is 1. The maximum Gasteiger partial charge on any atom is 0.472 e. The molecular weight excluding hydrogens is 1270 g/mol. The summed E-state index contributed by atoms with van der Waals surface area (Å²) in [7, 11) is -9.91. The quantitative estimate of drug-likeness (QED) is 0.0222. The average molecular weight is 1420 g/mol. The molecule has 0 aromatic carbocycles. The van der Waals surface area contributed by atoms with Crippen molar-refractivity contribution in [1.29, 1.82) is 0 Å². The maximum atomic E-state index is 13.1. The SMILES string of the molecule is CCCCCCCCCCCCCCCCCCCCC(=O)O[C@H](COC(=O)CCCCCCCCCCCCCC(C)C)COP(=O)(O)OC[C@@H](O)COP(=O)(O)OC[C@@H](COC(=O)CCCCCCCCCCCCCC)OC(=O)CCCCCCCCCCCCCCC. The van der Waals surface area contributed by atoms with E-state index in [0.717, 1.165) is 95.8 Å². The summed E-state index contributed by atoms with van der Waals surface area (Å²) in [5.41, 5.74) is 0. The third kappa shape index (κ3) is 72.2. The van der Waals surface area contributed by atoms with Crippen LogP contribution in [0.15, 0.2) is 0 Å². The van der Waals surface area contributed by atoms with Gasteiger partial charge in [-0.1, -0.05) is 362 Å².